The van der Waals surface area contributed by atoms with E-state index in [1.807, 2.05) is 26.8 Å². The molecule has 1 N–H and O–H groups in total. The van der Waals surface area contributed by atoms with Crippen LogP contribution in [0, 0.1) is 29.6 Å². The van der Waals surface area contributed by atoms with E-state index < -0.39 is 41.7 Å². The molecule has 2 atom stereocenters. The summed E-state index contributed by atoms with van der Waals surface area (Å²) in [5, 5.41) is 2.68. The van der Waals surface area contributed by atoms with Crippen molar-refractivity contribution in [2.75, 3.05) is 33.0 Å². The summed E-state index contributed by atoms with van der Waals surface area (Å²) < 4.78 is 15.2. The smallest absolute Gasteiger partial charge is 0.410 e. The van der Waals surface area contributed by atoms with Crippen LogP contribution in [0.1, 0.15) is 73.6 Å². The number of carbonyl (C=O) groups is 5. The molecule has 11 nitrogen and oxygen atoms in total. The van der Waals surface area contributed by atoms with Gasteiger partial charge in [-0.3, -0.25) is 19.2 Å². The van der Waals surface area contributed by atoms with Gasteiger partial charge in [0.15, 0.2) is 0 Å². The minimum Gasteiger partial charge on any atom is -0.444 e. The predicted molar refractivity (Wildman–Crippen MR) is 151 cm³/mol. The summed E-state index contributed by atoms with van der Waals surface area (Å²) in [4.78, 5) is 65.2. The average molecular weight is 576 g/mol. The van der Waals surface area contributed by atoms with E-state index in [4.69, 9.17) is 20.6 Å². The number of nitrogens with zero attached hydrogens (tertiary/aromatic N) is 2. The molecule has 0 unspecified atom stereocenters. The zero-order chi connectivity index (χ0) is 30.8. The number of hydrogen-bond acceptors (Lipinski definition) is 8. The summed E-state index contributed by atoms with van der Waals surface area (Å²) in [6, 6.07) is -0.897. The first-order valence-corrected chi connectivity index (χ1v) is 14.1. The molecular weight excluding hydrogens is 530 g/mol. The van der Waals surface area contributed by atoms with Gasteiger partial charge in [0, 0.05) is 26.2 Å². The van der Waals surface area contributed by atoms with Gasteiger partial charge in [-0.15, -0.1) is 6.42 Å². The molecule has 2 heterocycles. The molecule has 41 heavy (non-hydrogen) atoms. The van der Waals surface area contributed by atoms with Crippen LogP contribution >= 0.6 is 0 Å². The predicted octanol–water partition coefficient (Wildman–Crippen LogP) is 3.03. The first-order valence-electron chi connectivity index (χ1n) is 14.1. The molecule has 228 valence electrons. The number of likely N-dealkylation sites (tertiary alicyclic amines) is 2. The number of esters is 2. The summed E-state index contributed by atoms with van der Waals surface area (Å²) in [6.45, 7) is 11.9. The second-order valence-corrected chi connectivity index (χ2v) is 12.5. The molecular formula is C30H45N3O8. The number of amides is 3. The zero-order valence-corrected chi connectivity index (χ0v) is 25.2. The fraction of sp³-hybridized carbons (Fsp3) is 0.700. The molecule has 11 heteroatoms. The van der Waals surface area contributed by atoms with Crippen molar-refractivity contribution in [2.45, 2.75) is 85.3 Å². The third kappa shape index (κ3) is 11.8. The lowest BCUT2D eigenvalue weighted by Gasteiger charge is -2.33. The highest BCUT2D eigenvalue weighted by Crippen LogP contribution is 2.22. The van der Waals surface area contributed by atoms with Crippen molar-refractivity contribution in [3.63, 3.8) is 0 Å². The van der Waals surface area contributed by atoms with Gasteiger partial charge in [0.05, 0.1) is 17.8 Å². The van der Waals surface area contributed by atoms with Crippen LogP contribution in [0.3, 0.4) is 0 Å². The normalized spacial score (nSPS) is 19.2. The van der Waals surface area contributed by atoms with Crippen LogP contribution in [-0.4, -0.2) is 84.3 Å². The van der Waals surface area contributed by atoms with Gasteiger partial charge in [-0.25, -0.2) is 4.79 Å². The fourth-order valence-corrected chi connectivity index (χ4v) is 4.35. The van der Waals surface area contributed by atoms with E-state index in [1.54, 1.807) is 36.6 Å². The maximum absolute atomic E-state index is 12.9. The average Bonchev–Trinajstić information content (AvgIpc) is 2.90. The van der Waals surface area contributed by atoms with Gasteiger partial charge < -0.3 is 29.3 Å². The Morgan fingerprint density at radius 3 is 2.22 bits per heavy atom. The van der Waals surface area contributed by atoms with E-state index >= 15 is 0 Å². The number of nitrogens with one attached hydrogen (secondary N) is 1. The Morgan fingerprint density at radius 1 is 0.976 bits per heavy atom. The Bertz CT molecular complexity index is 1030. The second kappa shape index (κ2) is 14.9. The SMILES string of the molecule is C#C[C@H](CC(=O)OCOC(=O)C(C)(C)C)NC(=O)[C@@H]1CCCN(C(=O)/C=C/C2CCN(C(=O)OC(C)(C)C)CC2)C1. The van der Waals surface area contributed by atoms with Gasteiger partial charge in [-0.05, 0) is 79.2 Å². The molecule has 2 aliphatic heterocycles. The summed E-state index contributed by atoms with van der Waals surface area (Å²) in [5.74, 6) is 0.361. The number of hydrogen-bond donors (Lipinski definition) is 1. The van der Waals surface area contributed by atoms with Crippen molar-refractivity contribution in [1.29, 1.82) is 0 Å². The lowest BCUT2D eigenvalue weighted by atomic mass is 9.95. The molecule has 2 saturated heterocycles. The Labute approximate surface area is 243 Å². The van der Waals surface area contributed by atoms with Crippen LogP contribution in [-0.2, 0) is 33.4 Å². The molecule has 0 spiro atoms. The molecule has 0 aromatic carbocycles. The number of allylic oxidation sites excluding steroid dienone is 1. The quantitative estimate of drug-likeness (QED) is 0.202. The number of rotatable bonds is 8. The van der Waals surface area contributed by atoms with E-state index in [1.165, 1.54) is 0 Å². The summed E-state index contributed by atoms with van der Waals surface area (Å²) in [6.07, 6.45) is 11.1. The molecule has 0 radical (unpaired) electrons. The molecule has 2 fully saturated rings. The topological polar surface area (TPSA) is 132 Å². The molecule has 2 rings (SSSR count). The minimum atomic E-state index is -0.897. The number of piperidine rings is 2. The van der Waals surface area contributed by atoms with Crippen LogP contribution in [0.5, 0.6) is 0 Å². The summed E-state index contributed by atoms with van der Waals surface area (Å²) in [5.41, 5.74) is -1.27. The molecule has 2 aliphatic rings. The monoisotopic (exact) mass is 575 g/mol. The van der Waals surface area contributed by atoms with Crippen LogP contribution in [0.4, 0.5) is 4.79 Å². The maximum Gasteiger partial charge on any atom is 0.410 e. The van der Waals surface area contributed by atoms with Gasteiger partial charge in [0.25, 0.3) is 0 Å². The molecule has 0 aromatic rings. The number of ether oxygens (including phenoxy) is 3. The van der Waals surface area contributed by atoms with E-state index in [0.29, 0.717) is 32.5 Å². The summed E-state index contributed by atoms with van der Waals surface area (Å²) >= 11 is 0. The lowest BCUT2D eigenvalue weighted by Crippen LogP contribution is -2.47. The van der Waals surface area contributed by atoms with Gasteiger partial charge in [0.2, 0.25) is 18.6 Å². The van der Waals surface area contributed by atoms with Gasteiger partial charge >= 0.3 is 18.0 Å². The molecule has 3 amide bonds. The largest absolute Gasteiger partial charge is 0.444 e. The van der Waals surface area contributed by atoms with Crippen molar-refractivity contribution in [3.05, 3.63) is 12.2 Å². The van der Waals surface area contributed by atoms with E-state index in [9.17, 15) is 24.0 Å². The molecule has 0 saturated carbocycles. The number of carbonyl (C=O) groups excluding carboxylic acids is 5. The third-order valence-corrected chi connectivity index (χ3v) is 6.72. The standard InChI is InChI=1S/C30H45N3O8/c1-8-23(18-25(35)39-20-40-27(37)29(2,3)4)31-26(36)22-10-9-15-33(19-22)24(34)12-11-21-13-16-32(17-14-21)28(38)41-30(5,6)7/h1,11-12,21-23H,9-10,13-20H2,2-7H3,(H,31,36)/b12-11+/t22-,23-/m1/s1. The highest BCUT2D eigenvalue weighted by atomic mass is 16.7. The van der Waals surface area contributed by atoms with E-state index in [2.05, 4.69) is 11.2 Å². The highest BCUT2D eigenvalue weighted by Gasteiger charge is 2.30. The van der Waals surface area contributed by atoms with Crippen LogP contribution in [0.15, 0.2) is 12.2 Å². The first kappa shape index (κ1) is 33.7. The Kier molecular flexibility index (Phi) is 12.2. The lowest BCUT2D eigenvalue weighted by molar-refractivity contribution is -0.173. The minimum absolute atomic E-state index is 0.168. The first-order chi connectivity index (χ1) is 19.1. The van der Waals surface area contributed by atoms with Crippen molar-refractivity contribution < 1.29 is 38.2 Å². The fourth-order valence-electron chi connectivity index (χ4n) is 4.35. The van der Waals surface area contributed by atoms with Gasteiger partial charge in [0.1, 0.15) is 11.6 Å². The zero-order valence-electron chi connectivity index (χ0n) is 25.2. The second-order valence-electron chi connectivity index (χ2n) is 12.5. The van der Waals surface area contributed by atoms with Gasteiger partial charge in [-0.2, -0.15) is 0 Å². The molecule has 0 aliphatic carbocycles. The summed E-state index contributed by atoms with van der Waals surface area (Å²) in [7, 11) is 0. The van der Waals surface area contributed by atoms with Crippen molar-refractivity contribution >= 4 is 29.8 Å². The maximum atomic E-state index is 12.9. The number of terminal acetylenes is 1. The van der Waals surface area contributed by atoms with E-state index in [-0.39, 0.29) is 36.8 Å². The van der Waals surface area contributed by atoms with Crippen molar-refractivity contribution in [3.8, 4) is 12.3 Å². The van der Waals surface area contributed by atoms with Crippen molar-refractivity contribution in [2.24, 2.45) is 17.3 Å². The van der Waals surface area contributed by atoms with Crippen LogP contribution in [0.25, 0.3) is 0 Å². The Hall–Kier alpha value is -3.55. The van der Waals surface area contributed by atoms with Crippen LogP contribution in [0.2, 0.25) is 0 Å². The molecule has 0 bridgehead atoms. The third-order valence-electron chi connectivity index (χ3n) is 6.72. The van der Waals surface area contributed by atoms with Gasteiger partial charge in [-0.1, -0.05) is 12.0 Å². The highest BCUT2D eigenvalue weighted by molar-refractivity contribution is 5.88. The van der Waals surface area contributed by atoms with Crippen LogP contribution < -0.4 is 5.32 Å². The Morgan fingerprint density at radius 2 is 1.63 bits per heavy atom. The Balaban J connectivity index is 1.78. The van der Waals surface area contributed by atoms with Crippen molar-refractivity contribution in [1.82, 2.24) is 15.1 Å². The molecule has 0 aromatic heterocycles. The van der Waals surface area contributed by atoms with E-state index in [0.717, 1.165) is 12.8 Å².